The summed E-state index contributed by atoms with van der Waals surface area (Å²) >= 11 is 0. The van der Waals surface area contributed by atoms with Crippen LogP contribution in [0, 0.1) is 5.92 Å². The molecule has 1 rings (SSSR count). The maximum Gasteiger partial charge on any atom is 0.326 e. The third-order valence-electron chi connectivity index (χ3n) is 3.13. The average Bonchev–Trinajstić information content (AvgIpc) is 2.35. The second-order valence-corrected chi connectivity index (χ2v) is 4.43. The van der Waals surface area contributed by atoms with Crippen molar-refractivity contribution in [1.29, 1.82) is 0 Å². The molecule has 0 bridgehead atoms. The van der Waals surface area contributed by atoms with Crippen LogP contribution in [-0.4, -0.2) is 47.0 Å². The average molecular weight is 257 g/mol. The molecule has 0 spiro atoms. The van der Waals surface area contributed by atoms with Gasteiger partial charge >= 0.3 is 12.0 Å². The van der Waals surface area contributed by atoms with Crippen molar-refractivity contribution in [3.63, 3.8) is 0 Å². The van der Waals surface area contributed by atoms with Gasteiger partial charge in [-0.1, -0.05) is 6.92 Å². The van der Waals surface area contributed by atoms with E-state index in [4.69, 9.17) is 10.8 Å². The van der Waals surface area contributed by atoms with Gasteiger partial charge in [-0.05, 0) is 19.3 Å². The van der Waals surface area contributed by atoms with Crippen LogP contribution >= 0.6 is 0 Å². The summed E-state index contributed by atoms with van der Waals surface area (Å²) in [6.45, 7) is 2.50. The molecular weight excluding hydrogens is 238 g/mol. The number of urea groups is 1. The number of nitrogens with zero attached hydrogens (tertiary/aromatic N) is 1. The van der Waals surface area contributed by atoms with Crippen LogP contribution in [0.3, 0.4) is 0 Å². The molecule has 2 unspecified atom stereocenters. The van der Waals surface area contributed by atoms with E-state index in [1.807, 2.05) is 0 Å². The number of nitrogens with two attached hydrogens (primary N) is 1. The lowest BCUT2D eigenvalue weighted by Crippen LogP contribution is -2.50. The van der Waals surface area contributed by atoms with E-state index < -0.39 is 18.0 Å². The number of carbonyl (C=O) groups is 3. The summed E-state index contributed by atoms with van der Waals surface area (Å²) < 4.78 is 0. The van der Waals surface area contributed by atoms with Gasteiger partial charge in [-0.15, -0.1) is 0 Å². The summed E-state index contributed by atoms with van der Waals surface area (Å²) in [4.78, 5) is 35.2. The van der Waals surface area contributed by atoms with Crippen LogP contribution in [0.2, 0.25) is 0 Å². The molecule has 1 aliphatic heterocycles. The predicted molar refractivity (Wildman–Crippen MR) is 63.7 cm³/mol. The zero-order valence-electron chi connectivity index (χ0n) is 10.4. The Balaban J connectivity index is 2.55. The van der Waals surface area contributed by atoms with Crippen molar-refractivity contribution < 1.29 is 19.5 Å². The molecule has 0 aromatic carbocycles. The number of carboxylic acids is 1. The van der Waals surface area contributed by atoms with Gasteiger partial charge in [-0.3, -0.25) is 4.79 Å². The number of carboxylic acid groups (broad SMARTS) is 1. The van der Waals surface area contributed by atoms with E-state index in [1.54, 1.807) is 6.92 Å². The van der Waals surface area contributed by atoms with E-state index in [0.29, 0.717) is 25.8 Å². The normalized spacial score (nSPS) is 21.2. The highest BCUT2D eigenvalue weighted by molar-refractivity contribution is 5.85. The first-order chi connectivity index (χ1) is 8.45. The van der Waals surface area contributed by atoms with Crippen molar-refractivity contribution in [3.05, 3.63) is 0 Å². The Morgan fingerprint density at radius 3 is 2.67 bits per heavy atom. The molecule has 7 nitrogen and oxygen atoms in total. The van der Waals surface area contributed by atoms with Gasteiger partial charge in [0.1, 0.15) is 6.04 Å². The number of aliphatic carboxylic acids is 1. The van der Waals surface area contributed by atoms with E-state index in [2.05, 4.69) is 5.32 Å². The first-order valence-electron chi connectivity index (χ1n) is 6.03. The van der Waals surface area contributed by atoms with Crippen molar-refractivity contribution in [1.82, 2.24) is 10.2 Å². The summed E-state index contributed by atoms with van der Waals surface area (Å²) in [6, 6.07) is -1.42. The number of rotatable bonds is 4. The molecular formula is C11H19N3O4. The fourth-order valence-electron chi connectivity index (χ4n) is 2.02. The summed E-state index contributed by atoms with van der Waals surface area (Å²) in [5.74, 6) is -1.75. The van der Waals surface area contributed by atoms with Crippen molar-refractivity contribution in [3.8, 4) is 0 Å². The minimum atomic E-state index is -1.05. The van der Waals surface area contributed by atoms with Crippen molar-refractivity contribution in [2.45, 2.75) is 32.2 Å². The predicted octanol–water partition coefficient (Wildman–Crippen LogP) is -0.243. The molecule has 0 aliphatic carbocycles. The Morgan fingerprint density at radius 2 is 2.17 bits per heavy atom. The molecule has 0 aromatic rings. The Kier molecular flexibility index (Phi) is 4.94. The van der Waals surface area contributed by atoms with Crippen LogP contribution in [0.25, 0.3) is 0 Å². The summed E-state index contributed by atoms with van der Waals surface area (Å²) in [5.41, 5.74) is 5.17. The first kappa shape index (κ1) is 14.3. The summed E-state index contributed by atoms with van der Waals surface area (Å²) in [5, 5.41) is 11.3. The Labute approximate surface area is 105 Å². The second-order valence-electron chi connectivity index (χ2n) is 4.43. The van der Waals surface area contributed by atoms with Crippen LogP contribution in [0.15, 0.2) is 0 Å². The lowest BCUT2D eigenvalue weighted by Gasteiger charge is -2.31. The SMILES string of the molecule is CCC(NC(=O)C1CCCN(C(N)=O)C1)C(=O)O. The number of hydrogen-bond donors (Lipinski definition) is 3. The molecule has 0 saturated carbocycles. The van der Waals surface area contributed by atoms with Crippen LogP contribution in [0.1, 0.15) is 26.2 Å². The fraction of sp³-hybridized carbons (Fsp3) is 0.727. The molecule has 3 amide bonds. The van der Waals surface area contributed by atoms with Crippen LogP contribution < -0.4 is 11.1 Å². The van der Waals surface area contributed by atoms with Gasteiger partial charge < -0.3 is 21.1 Å². The Morgan fingerprint density at radius 1 is 1.50 bits per heavy atom. The smallest absolute Gasteiger partial charge is 0.326 e. The van der Waals surface area contributed by atoms with Crippen molar-refractivity contribution in [2.24, 2.45) is 11.7 Å². The van der Waals surface area contributed by atoms with Gasteiger partial charge in [0.2, 0.25) is 5.91 Å². The van der Waals surface area contributed by atoms with Crippen LogP contribution in [0.4, 0.5) is 4.79 Å². The summed E-state index contributed by atoms with van der Waals surface area (Å²) in [6.07, 6.45) is 1.67. The highest BCUT2D eigenvalue weighted by Crippen LogP contribution is 2.16. The van der Waals surface area contributed by atoms with Gasteiger partial charge in [0.05, 0.1) is 5.92 Å². The highest BCUT2D eigenvalue weighted by atomic mass is 16.4. The molecule has 102 valence electrons. The maximum absolute atomic E-state index is 11.9. The lowest BCUT2D eigenvalue weighted by molar-refractivity contribution is -0.142. The molecule has 1 saturated heterocycles. The number of piperidine rings is 1. The molecule has 2 atom stereocenters. The number of primary amides is 1. The summed E-state index contributed by atoms with van der Waals surface area (Å²) in [7, 11) is 0. The topological polar surface area (TPSA) is 113 Å². The molecule has 4 N–H and O–H groups in total. The van der Waals surface area contributed by atoms with E-state index in [9.17, 15) is 14.4 Å². The molecule has 7 heteroatoms. The maximum atomic E-state index is 11.9. The van der Waals surface area contributed by atoms with E-state index in [0.717, 1.165) is 0 Å². The van der Waals surface area contributed by atoms with Gasteiger partial charge in [-0.2, -0.15) is 0 Å². The molecule has 1 aliphatic rings. The zero-order valence-corrected chi connectivity index (χ0v) is 10.4. The molecule has 0 aromatic heterocycles. The standard InChI is InChI=1S/C11H19N3O4/c1-2-8(10(16)17)13-9(15)7-4-3-5-14(6-7)11(12)18/h7-8H,2-6H2,1H3,(H2,12,18)(H,13,15)(H,16,17). The van der Waals surface area contributed by atoms with E-state index in [-0.39, 0.29) is 18.4 Å². The third-order valence-corrected chi connectivity index (χ3v) is 3.13. The van der Waals surface area contributed by atoms with Gasteiger partial charge in [0.15, 0.2) is 0 Å². The Bertz CT molecular complexity index is 345. The minimum absolute atomic E-state index is 0.261. The first-order valence-corrected chi connectivity index (χ1v) is 6.03. The lowest BCUT2D eigenvalue weighted by atomic mass is 9.97. The number of hydrogen-bond acceptors (Lipinski definition) is 3. The molecule has 1 fully saturated rings. The Hall–Kier alpha value is -1.79. The number of nitrogens with one attached hydrogen (secondary N) is 1. The largest absolute Gasteiger partial charge is 0.480 e. The fourth-order valence-corrected chi connectivity index (χ4v) is 2.02. The van der Waals surface area contributed by atoms with Crippen LogP contribution in [0.5, 0.6) is 0 Å². The van der Waals surface area contributed by atoms with Gasteiger partial charge in [0.25, 0.3) is 0 Å². The zero-order chi connectivity index (χ0) is 13.7. The monoisotopic (exact) mass is 257 g/mol. The van der Waals surface area contributed by atoms with Crippen LogP contribution in [-0.2, 0) is 9.59 Å². The third kappa shape index (κ3) is 3.61. The number of amides is 3. The molecule has 0 radical (unpaired) electrons. The number of carbonyl (C=O) groups excluding carboxylic acids is 2. The molecule has 1 heterocycles. The van der Waals surface area contributed by atoms with E-state index >= 15 is 0 Å². The quantitative estimate of drug-likeness (QED) is 0.644. The molecule has 18 heavy (non-hydrogen) atoms. The van der Waals surface area contributed by atoms with Crippen molar-refractivity contribution >= 4 is 17.9 Å². The second kappa shape index (κ2) is 6.23. The van der Waals surface area contributed by atoms with E-state index in [1.165, 1.54) is 4.90 Å². The minimum Gasteiger partial charge on any atom is -0.480 e. The van der Waals surface area contributed by atoms with Gasteiger partial charge in [0, 0.05) is 13.1 Å². The van der Waals surface area contributed by atoms with Gasteiger partial charge in [-0.25, -0.2) is 9.59 Å². The highest BCUT2D eigenvalue weighted by Gasteiger charge is 2.29. The number of likely N-dealkylation sites (tertiary alicyclic amines) is 1. The van der Waals surface area contributed by atoms with Crippen molar-refractivity contribution in [2.75, 3.05) is 13.1 Å².